The van der Waals surface area contributed by atoms with Gasteiger partial charge in [0.15, 0.2) is 5.96 Å². The van der Waals surface area contributed by atoms with Gasteiger partial charge in [0.2, 0.25) is 0 Å². The third-order valence-corrected chi connectivity index (χ3v) is 6.19. The molecule has 0 aliphatic heterocycles. The van der Waals surface area contributed by atoms with E-state index in [-0.39, 0.29) is 28.7 Å². The molecule has 152 valence electrons. The number of rotatable bonds is 7. The van der Waals surface area contributed by atoms with Crippen LogP contribution in [0.2, 0.25) is 0 Å². The molecule has 0 saturated carbocycles. The van der Waals surface area contributed by atoms with Crippen molar-refractivity contribution in [1.82, 2.24) is 15.6 Å². The van der Waals surface area contributed by atoms with E-state index in [1.165, 1.54) is 22.0 Å². The maximum atomic E-state index is 12.1. The monoisotopic (exact) mass is 504 g/mol. The van der Waals surface area contributed by atoms with Gasteiger partial charge < -0.3 is 15.6 Å². The van der Waals surface area contributed by atoms with Gasteiger partial charge in [0.1, 0.15) is 0 Å². The van der Waals surface area contributed by atoms with Gasteiger partial charge in [-0.2, -0.15) is 0 Å². The van der Waals surface area contributed by atoms with Crippen LogP contribution in [0.5, 0.6) is 0 Å². The highest BCUT2D eigenvalue weighted by molar-refractivity contribution is 14.0. The molecule has 0 fully saturated rings. The molecule has 1 heterocycles. The Morgan fingerprint density at radius 3 is 2.67 bits per heavy atom. The molecule has 0 bridgehead atoms. The predicted octanol–water partition coefficient (Wildman–Crippen LogP) is 3.74. The lowest BCUT2D eigenvalue weighted by atomic mass is 10.1. The third kappa shape index (κ3) is 7.10. The van der Waals surface area contributed by atoms with E-state index in [9.17, 15) is 4.21 Å². The minimum atomic E-state index is -0.873. The van der Waals surface area contributed by atoms with Crippen LogP contribution < -0.4 is 10.6 Å². The van der Waals surface area contributed by atoms with E-state index in [0.717, 1.165) is 25.5 Å². The number of hydrogen-bond acceptors (Lipinski definition) is 2. The number of guanidine groups is 1. The summed E-state index contributed by atoms with van der Waals surface area (Å²) in [6.45, 7) is 12.3. The average Bonchev–Trinajstić information content (AvgIpc) is 2.98. The smallest absolute Gasteiger partial charge is 0.191 e. The Hall–Kier alpha value is -1.09. The first-order chi connectivity index (χ1) is 12.3. The second kappa shape index (κ2) is 11.0. The van der Waals surface area contributed by atoms with Crippen molar-refractivity contribution in [1.29, 1.82) is 0 Å². The molecule has 0 aliphatic carbocycles. The van der Waals surface area contributed by atoms with Gasteiger partial charge in [-0.1, -0.05) is 18.2 Å². The summed E-state index contributed by atoms with van der Waals surface area (Å²) in [7, 11) is -0.873. The fourth-order valence-electron chi connectivity index (χ4n) is 2.77. The summed E-state index contributed by atoms with van der Waals surface area (Å²) in [5, 5.41) is 7.92. The summed E-state index contributed by atoms with van der Waals surface area (Å²) in [5.74, 6) is 1.37. The first-order valence-corrected chi connectivity index (χ1v) is 10.6. The average molecular weight is 504 g/mol. The standard InChI is InChI=1S/C20H32N4OS.HI/c1-6-21-19(23-12-13-26(25)20(3,4)5)22-11-10-16-14-24-18-15(2)8-7-9-17(16)18;/h7-9,14,24H,6,10-13H2,1-5H3,(H2,21,22,23);1H. The summed E-state index contributed by atoms with van der Waals surface area (Å²) in [6, 6.07) is 6.39. The molecule has 1 aromatic heterocycles. The molecule has 1 aromatic carbocycles. The van der Waals surface area contributed by atoms with E-state index in [4.69, 9.17) is 0 Å². The number of para-hydroxylation sites is 1. The van der Waals surface area contributed by atoms with Gasteiger partial charge in [0.25, 0.3) is 0 Å². The van der Waals surface area contributed by atoms with Crippen molar-refractivity contribution < 1.29 is 4.21 Å². The number of nitrogens with one attached hydrogen (secondary N) is 3. The first-order valence-electron chi connectivity index (χ1n) is 9.29. The van der Waals surface area contributed by atoms with E-state index in [2.05, 4.69) is 51.9 Å². The number of halogens is 1. The van der Waals surface area contributed by atoms with Crippen molar-refractivity contribution in [2.45, 2.75) is 45.8 Å². The SMILES string of the molecule is CCNC(=NCCS(=O)C(C)(C)C)NCCc1c[nH]c2c(C)cccc12.I. The van der Waals surface area contributed by atoms with Gasteiger partial charge in [0.05, 0.1) is 6.54 Å². The van der Waals surface area contributed by atoms with Crippen LogP contribution in [0.3, 0.4) is 0 Å². The number of benzene rings is 1. The molecule has 0 aliphatic rings. The summed E-state index contributed by atoms with van der Waals surface area (Å²) < 4.78 is 11.9. The molecule has 7 heteroatoms. The van der Waals surface area contributed by atoms with Gasteiger partial charge in [-0.15, -0.1) is 24.0 Å². The van der Waals surface area contributed by atoms with Crippen LogP contribution in [0, 0.1) is 6.92 Å². The summed E-state index contributed by atoms with van der Waals surface area (Å²) in [6.07, 6.45) is 3.01. The van der Waals surface area contributed by atoms with E-state index in [1.54, 1.807) is 0 Å². The van der Waals surface area contributed by atoms with Crippen molar-refractivity contribution in [2.75, 3.05) is 25.4 Å². The van der Waals surface area contributed by atoms with Crippen LogP contribution >= 0.6 is 24.0 Å². The second-order valence-electron chi connectivity index (χ2n) is 7.41. The Morgan fingerprint density at radius 1 is 1.26 bits per heavy atom. The van der Waals surface area contributed by atoms with E-state index < -0.39 is 10.8 Å². The predicted molar refractivity (Wildman–Crippen MR) is 129 cm³/mol. The van der Waals surface area contributed by atoms with Crippen LogP contribution in [0.1, 0.15) is 38.8 Å². The molecule has 0 amide bonds. The Bertz CT molecular complexity index is 780. The van der Waals surface area contributed by atoms with Crippen molar-refractivity contribution in [3.63, 3.8) is 0 Å². The number of H-pyrrole nitrogens is 1. The Morgan fingerprint density at radius 2 is 2.00 bits per heavy atom. The van der Waals surface area contributed by atoms with Crippen LogP contribution in [-0.4, -0.2) is 45.3 Å². The number of fused-ring (bicyclic) bond motifs is 1. The molecule has 0 saturated heterocycles. The minimum absolute atomic E-state index is 0. The molecule has 27 heavy (non-hydrogen) atoms. The number of aromatic nitrogens is 1. The van der Waals surface area contributed by atoms with Gasteiger partial charge >= 0.3 is 0 Å². The number of hydrogen-bond donors (Lipinski definition) is 3. The lowest BCUT2D eigenvalue weighted by Gasteiger charge is -2.17. The van der Waals surface area contributed by atoms with Crippen LogP contribution in [0.4, 0.5) is 0 Å². The van der Waals surface area contributed by atoms with Crippen molar-refractivity contribution in [3.8, 4) is 0 Å². The largest absolute Gasteiger partial charge is 0.361 e. The minimum Gasteiger partial charge on any atom is -0.361 e. The van der Waals surface area contributed by atoms with Gasteiger partial charge in [-0.25, -0.2) is 0 Å². The Labute approximate surface area is 182 Å². The second-order valence-corrected chi connectivity index (χ2v) is 9.73. The molecular formula is C20H33IN4OS. The molecule has 2 rings (SSSR count). The molecule has 1 atom stereocenters. The summed E-state index contributed by atoms with van der Waals surface area (Å²) in [5.41, 5.74) is 3.79. The third-order valence-electron chi connectivity index (χ3n) is 4.27. The van der Waals surface area contributed by atoms with Crippen molar-refractivity contribution in [2.24, 2.45) is 4.99 Å². The molecule has 0 radical (unpaired) electrons. The fourth-order valence-corrected chi connectivity index (χ4v) is 3.64. The molecule has 0 spiro atoms. The highest BCUT2D eigenvalue weighted by Gasteiger charge is 2.18. The highest BCUT2D eigenvalue weighted by Crippen LogP contribution is 2.21. The van der Waals surface area contributed by atoms with Gasteiger partial charge in [-0.3, -0.25) is 9.20 Å². The first kappa shape index (κ1) is 23.9. The van der Waals surface area contributed by atoms with Gasteiger partial charge in [0, 0.05) is 51.5 Å². The van der Waals surface area contributed by atoms with Crippen LogP contribution in [0.15, 0.2) is 29.4 Å². The van der Waals surface area contributed by atoms with E-state index in [0.29, 0.717) is 12.3 Å². The Kier molecular flexibility index (Phi) is 9.80. The molecular weight excluding hydrogens is 471 g/mol. The zero-order chi connectivity index (χ0) is 19.2. The number of aryl methyl sites for hydroxylation is 1. The molecule has 2 aromatic rings. The number of nitrogens with zero attached hydrogens (tertiary/aromatic N) is 1. The van der Waals surface area contributed by atoms with Crippen LogP contribution in [0.25, 0.3) is 10.9 Å². The summed E-state index contributed by atoms with van der Waals surface area (Å²) in [4.78, 5) is 7.93. The Balaban J connectivity index is 0.00000364. The maximum Gasteiger partial charge on any atom is 0.191 e. The topological polar surface area (TPSA) is 69.3 Å². The highest BCUT2D eigenvalue weighted by atomic mass is 127. The maximum absolute atomic E-state index is 12.1. The van der Waals surface area contributed by atoms with Crippen molar-refractivity contribution >= 4 is 51.6 Å². The van der Waals surface area contributed by atoms with E-state index in [1.807, 2.05) is 27.7 Å². The molecule has 3 N–H and O–H groups in total. The molecule has 1 unspecified atom stereocenters. The molecule has 5 nitrogen and oxygen atoms in total. The lowest BCUT2D eigenvalue weighted by molar-refractivity contribution is 0.648. The van der Waals surface area contributed by atoms with Crippen molar-refractivity contribution in [3.05, 3.63) is 35.5 Å². The number of aromatic amines is 1. The lowest BCUT2D eigenvalue weighted by Crippen LogP contribution is -2.38. The zero-order valence-corrected chi connectivity index (χ0v) is 20.2. The van der Waals surface area contributed by atoms with Crippen LogP contribution in [-0.2, 0) is 17.2 Å². The normalized spacial score (nSPS) is 13.3. The fraction of sp³-hybridized carbons (Fsp3) is 0.550. The number of aliphatic imine (C=N–C) groups is 1. The quantitative estimate of drug-likeness (QED) is 0.306. The van der Waals surface area contributed by atoms with E-state index >= 15 is 0 Å². The summed E-state index contributed by atoms with van der Waals surface area (Å²) >= 11 is 0. The van der Waals surface area contributed by atoms with Gasteiger partial charge in [-0.05, 0) is 52.2 Å². The zero-order valence-electron chi connectivity index (χ0n) is 17.0.